The molecular formula is C16H21N3O3. The fraction of sp³-hybridized carbons (Fsp3) is 0.375. The van der Waals surface area contributed by atoms with E-state index in [4.69, 9.17) is 9.47 Å². The highest BCUT2D eigenvalue weighted by molar-refractivity contribution is 6.04. The SMILES string of the molecule is CCCc1cc(C(=O)Nc2cc(OC)ccc2OC)n(C)n1. The minimum Gasteiger partial charge on any atom is -0.497 e. The third kappa shape index (κ3) is 3.39. The Morgan fingerprint density at radius 3 is 2.68 bits per heavy atom. The summed E-state index contributed by atoms with van der Waals surface area (Å²) in [7, 11) is 4.89. The number of ether oxygens (including phenoxy) is 2. The quantitative estimate of drug-likeness (QED) is 0.891. The van der Waals surface area contributed by atoms with Gasteiger partial charge in [0.05, 0.1) is 25.6 Å². The Morgan fingerprint density at radius 2 is 2.05 bits per heavy atom. The zero-order valence-electron chi connectivity index (χ0n) is 13.3. The van der Waals surface area contributed by atoms with Crippen LogP contribution in [0.2, 0.25) is 0 Å². The van der Waals surface area contributed by atoms with Crippen LogP contribution in [-0.4, -0.2) is 29.9 Å². The first-order chi connectivity index (χ1) is 10.6. The van der Waals surface area contributed by atoms with E-state index in [1.54, 1.807) is 44.1 Å². The molecule has 0 atom stereocenters. The van der Waals surface area contributed by atoms with Crippen molar-refractivity contribution >= 4 is 11.6 Å². The van der Waals surface area contributed by atoms with E-state index in [2.05, 4.69) is 17.3 Å². The number of nitrogens with zero attached hydrogens (tertiary/aromatic N) is 2. The number of carbonyl (C=O) groups is 1. The fourth-order valence-electron chi connectivity index (χ4n) is 2.22. The second-order valence-corrected chi connectivity index (χ2v) is 4.91. The van der Waals surface area contributed by atoms with Crippen molar-refractivity contribution < 1.29 is 14.3 Å². The average molecular weight is 303 g/mol. The van der Waals surface area contributed by atoms with Gasteiger partial charge in [0.2, 0.25) is 0 Å². The van der Waals surface area contributed by atoms with Crippen LogP contribution in [0.25, 0.3) is 0 Å². The Bertz CT molecular complexity index is 665. The van der Waals surface area contributed by atoms with E-state index in [-0.39, 0.29) is 5.91 Å². The molecule has 0 aliphatic heterocycles. The highest BCUT2D eigenvalue weighted by Gasteiger charge is 2.15. The predicted molar refractivity (Wildman–Crippen MR) is 84.7 cm³/mol. The summed E-state index contributed by atoms with van der Waals surface area (Å²) in [4.78, 5) is 12.5. The molecule has 2 aromatic rings. The number of anilines is 1. The monoisotopic (exact) mass is 303 g/mol. The van der Waals surface area contributed by atoms with Crippen LogP contribution in [0.15, 0.2) is 24.3 Å². The van der Waals surface area contributed by atoms with Gasteiger partial charge < -0.3 is 14.8 Å². The normalized spacial score (nSPS) is 10.4. The molecular weight excluding hydrogens is 282 g/mol. The van der Waals surface area contributed by atoms with Crippen molar-refractivity contribution in [3.8, 4) is 11.5 Å². The summed E-state index contributed by atoms with van der Waals surface area (Å²) in [5.41, 5.74) is 1.98. The zero-order chi connectivity index (χ0) is 16.1. The molecule has 118 valence electrons. The summed E-state index contributed by atoms with van der Waals surface area (Å²) in [5, 5.41) is 7.18. The summed E-state index contributed by atoms with van der Waals surface area (Å²) < 4.78 is 12.0. The lowest BCUT2D eigenvalue weighted by Crippen LogP contribution is -2.16. The van der Waals surface area contributed by atoms with Crippen molar-refractivity contribution in [2.75, 3.05) is 19.5 Å². The molecule has 22 heavy (non-hydrogen) atoms. The van der Waals surface area contributed by atoms with Gasteiger partial charge in [-0.1, -0.05) is 13.3 Å². The molecule has 1 heterocycles. The van der Waals surface area contributed by atoms with Gasteiger partial charge >= 0.3 is 0 Å². The molecule has 0 fully saturated rings. The van der Waals surface area contributed by atoms with E-state index >= 15 is 0 Å². The maximum absolute atomic E-state index is 12.5. The lowest BCUT2D eigenvalue weighted by molar-refractivity contribution is 0.101. The summed E-state index contributed by atoms with van der Waals surface area (Å²) >= 11 is 0. The highest BCUT2D eigenvalue weighted by Crippen LogP contribution is 2.29. The van der Waals surface area contributed by atoms with Gasteiger partial charge in [0.1, 0.15) is 17.2 Å². The molecule has 0 unspecified atom stereocenters. The maximum atomic E-state index is 12.5. The smallest absolute Gasteiger partial charge is 0.274 e. The van der Waals surface area contributed by atoms with E-state index in [1.165, 1.54) is 0 Å². The number of benzene rings is 1. The van der Waals surface area contributed by atoms with Crippen molar-refractivity contribution in [2.24, 2.45) is 7.05 Å². The molecule has 2 rings (SSSR count). The summed E-state index contributed by atoms with van der Waals surface area (Å²) in [6, 6.07) is 7.06. The van der Waals surface area contributed by atoms with Gasteiger partial charge in [-0.2, -0.15) is 5.10 Å². The molecule has 1 aromatic heterocycles. The minimum absolute atomic E-state index is 0.232. The van der Waals surface area contributed by atoms with Crippen molar-refractivity contribution in [3.63, 3.8) is 0 Å². The lowest BCUT2D eigenvalue weighted by atomic mass is 10.2. The Balaban J connectivity index is 2.24. The molecule has 0 aliphatic carbocycles. The second kappa shape index (κ2) is 6.98. The number of hydrogen-bond donors (Lipinski definition) is 1. The first-order valence-electron chi connectivity index (χ1n) is 7.15. The van der Waals surface area contributed by atoms with Crippen LogP contribution in [0, 0.1) is 0 Å². The standard InChI is InChI=1S/C16H21N3O3/c1-5-6-11-9-14(19(2)18-11)16(20)17-13-10-12(21-3)7-8-15(13)22-4/h7-10H,5-6H2,1-4H3,(H,17,20). The van der Waals surface area contributed by atoms with Gasteiger partial charge in [0, 0.05) is 13.1 Å². The molecule has 1 N–H and O–H groups in total. The lowest BCUT2D eigenvalue weighted by Gasteiger charge is -2.11. The van der Waals surface area contributed by atoms with Crippen LogP contribution in [-0.2, 0) is 13.5 Å². The zero-order valence-corrected chi connectivity index (χ0v) is 13.3. The van der Waals surface area contributed by atoms with Gasteiger partial charge in [-0.25, -0.2) is 0 Å². The largest absolute Gasteiger partial charge is 0.497 e. The van der Waals surface area contributed by atoms with Crippen molar-refractivity contribution in [3.05, 3.63) is 35.7 Å². The Hall–Kier alpha value is -2.50. The van der Waals surface area contributed by atoms with Crippen molar-refractivity contribution in [2.45, 2.75) is 19.8 Å². The topological polar surface area (TPSA) is 65.4 Å². The number of methoxy groups -OCH3 is 2. The third-order valence-corrected chi connectivity index (χ3v) is 3.32. The number of amides is 1. The maximum Gasteiger partial charge on any atom is 0.274 e. The van der Waals surface area contributed by atoms with Gasteiger partial charge in [-0.15, -0.1) is 0 Å². The summed E-state index contributed by atoms with van der Waals surface area (Å²) in [6.07, 6.45) is 1.84. The van der Waals surface area contributed by atoms with Crippen LogP contribution in [0.1, 0.15) is 29.5 Å². The van der Waals surface area contributed by atoms with E-state index in [9.17, 15) is 4.79 Å². The van der Waals surface area contributed by atoms with Gasteiger partial charge in [-0.05, 0) is 24.6 Å². The van der Waals surface area contributed by atoms with E-state index in [0.717, 1.165) is 18.5 Å². The van der Waals surface area contributed by atoms with Crippen LogP contribution in [0.4, 0.5) is 5.69 Å². The summed E-state index contributed by atoms with van der Waals surface area (Å²) in [5.74, 6) is 0.988. The predicted octanol–water partition coefficient (Wildman–Crippen LogP) is 2.64. The Morgan fingerprint density at radius 1 is 1.27 bits per heavy atom. The first-order valence-corrected chi connectivity index (χ1v) is 7.15. The van der Waals surface area contributed by atoms with E-state index in [1.807, 2.05) is 6.07 Å². The molecule has 0 radical (unpaired) electrons. The van der Waals surface area contributed by atoms with E-state index in [0.29, 0.717) is 22.9 Å². The minimum atomic E-state index is -0.232. The van der Waals surface area contributed by atoms with Crippen LogP contribution >= 0.6 is 0 Å². The molecule has 1 amide bonds. The first kappa shape index (κ1) is 15.9. The number of aryl methyl sites for hydroxylation is 2. The third-order valence-electron chi connectivity index (χ3n) is 3.32. The highest BCUT2D eigenvalue weighted by atomic mass is 16.5. The number of carbonyl (C=O) groups excluding carboxylic acids is 1. The van der Waals surface area contributed by atoms with Gasteiger partial charge in [-0.3, -0.25) is 9.48 Å². The van der Waals surface area contributed by atoms with Crippen LogP contribution in [0.3, 0.4) is 0 Å². The number of nitrogens with one attached hydrogen (secondary N) is 1. The fourth-order valence-corrected chi connectivity index (χ4v) is 2.22. The van der Waals surface area contributed by atoms with Gasteiger partial charge in [0.25, 0.3) is 5.91 Å². The molecule has 0 aliphatic rings. The van der Waals surface area contributed by atoms with Crippen molar-refractivity contribution in [1.82, 2.24) is 9.78 Å². The van der Waals surface area contributed by atoms with E-state index < -0.39 is 0 Å². The number of hydrogen-bond acceptors (Lipinski definition) is 4. The Labute approximate surface area is 130 Å². The molecule has 6 heteroatoms. The summed E-state index contributed by atoms with van der Waals surface area (Å²) in [6.45, 7) is 2.08. The van der Waals surface area contributed by atoms with Crippen LogP contribution < -0.4 is 14.8 Å². The molecule has 6 nitrogen and oxygen atoms in total. The number of aromatic nitrogens is 2. The van der Waals surface area contributed by atoms with Crippen LogP contribution in [0.5, 0.6) is 11.5 Å². The second-order valence-electron chi connectivity index (χ2n) is 4.91. The molecule has 0 spiro atoms. The Kier molecular flexibility index (Phi) is 5.04. The molecule has 0 saturated carbocycles. The molecule has 0 saturated heterocycles. The molecule has 0 bridgehead atoms. The van der Waals surface area contributed by atoms with Gasteiger partial charge in [0.15, 0.2) is 0 Å². The van der Waals surface area contributed by atoms with Crippen molar-refractivity contribution in [1.29, 1.82) is 0 Å². The number of rotatable bonds is 6. The molecule has 1 aromatic carbocycles. The average Bonchev–Trinajstić information content (AvgIpc) is 2.88.